The summed E-state index contributed by atoms with van der Waals surface area (Å²) in [6.45, 7) is 5.39. The van der Waals surface area contributed by atoms with Gasteiger partial charge in [-0.3, -0.25) is 0 Å². The van der Waals surface area contributed by atoms with Crippen LogP contribution in [0.1, 0.15) is 19.5 Å². The number of hydrogen-bond donors (Lipinski definition) is 0. The molecule has 0 atom stereocenters. The van der Waals surface area contributed by atoms with Crippen molar-refractivity contribution in [3.63, 3.8) is 0 Å². The molecule has 0 fully saturated rings. The summed E-state index contributed by atoms with van der Waals surface area (Å²) in [5.41, 5.74) is 1.39. The van der Waals surface area contributed by atoms with Crippen molar-refractivity contribution in [2.24, 2.45) is 7.05 Å². The second-order valence-electron chi connectivity index (χ2n) is 2.53. The molecule has 0 amide bonds. The highest BCUT2D eigenvalue weighted by molar-refractivity contribution is 4.91. The zero-order valence-corrected chi connectivity index (χ0v) is 6.96. The molecular weight excluding hydrogens is 124 g/mol. The largest absolute Gasteiger partial charge is 0.243 e. The van der Waals surface area contributed by atoms with Crippen molar-refractivity contribution >= 4 is 0 Å². The van der Waals surface area contributed by atoms with Crippen LogP contribution >= 0.6 is 0 Å². The van der Waals surface area contributed by atoms with Gasteiger partial charge in [-0.15, -0.1) is 0 Å². The quantitative estimate of drug-likeness (QED) is 0.538. The fraction of sp³-hybridized carbons (Fsp3) is 0.625. The maximum absolute atomic E-state index is 2.19. The molecule has 0 aliphatic heterocycles. The van der Waals surface area contributed by atoms with Crippen molar-refractivity contribution < 1.29 is 4.57 Å². The van der Waals surface area contributed by atoms with Gasteiger partial charge in [0.05, 0.1) is 13.6 Å². The van der Waals surface area contributed by atoms with Crippen molar-refractivity contribution in [1.82, 2.24) is 4.57 Å². The molecule has 1 rings (SSSR count). The van der Waals surface area contributed by atoms with Crippen LogP contribution in [0, 0.1) is 0 Å². The fourth-order valence-electron chi connectivity index (χ4n) is 1.13. The Morgan fingerprint density at radius 3 is 2.50 bits per heavy atom. The van der Waals surface area contributed by atoms with Crippen LogP contribution < -0.4 is 4.57 Å². The Morgan fingerprint density at radius 2 is 2.20 bits per heavy atom. The van der Waals surface area contributed by atoms with Crippen LogP contribution in [0.4, 0.5) is 0 Å². The highest BCUT2D eigenvalue weighted by atomic mass is 15.1. The number of aromatic nitrogens is 2. The van der Waals surface area contributed by atoms with Crippen LogP contribution in [0.2, 0.25) is 0 Å². The van der Waals surface area contributed by atoms with Gasteiger partial charge in [0.15, 0.2) is 0 Å². The molecule has 0 aliphatic rings. The van der Waals surface area contributed by atoms with Gasteiger partial charge in [-0.2, -0.15) is 0 Å². The third-order valence-corrected chi connectivity index (χ3v) is 1.82. The Bertz CT molecular complexity index is 213. The van der Waals surface area contributed by atoms with E-state index in [1.54, 1.807) is 0 Å². The molecule has 2 nitrogen and oxygen atoms in total. The third kappa shape index (κ3) is 1.20. The van der Waals surface area contributed by atoms with E-state index in [0.717, 1.165) is 13.0 Å². The molecule has 0 saturated heterocycles. The number of aryl methyl sites for hydroxylation is 3. The van der Waals surface area contributed by atoms with Gasteiger partial charge in [-0.1, -0.05) is 6.92 Å². The summed E-state index contributed by atoms with van der Waals surface area (Å²) < 4.78 is 4.36. The topological polar surface area (TPSA) is 8.81 Å². The third-order valence-electron chi connectivity index (χ3n) is 1.82. The van der Waals surface area contributed by atoms with E-state index in [4.69, 9.17) is 0 Å². The Hall–Kier alpha value is -0.790. The molecule has 0 aliphatic carbocycles. The molecule has 10 heavy (non-hydrogen) atoms. The Balaban J connectivity index is 2.92. The Labute approximate surface area is 62.1 Å². The van der Waals surface area contributed by atoms with Gasteiger partial charge in [0.25, 0.3) is 0 Å². The number of rotatable bonds is 2. The second-order valence-corrected chi connectivity index (χ2v) is 2.53. The predicted molar refractivity (Wildman–Crippen MR) is 40.7 cm³/mol. The highest BCUT2D eigenvalue weighted by Crippen LogP contribution is 1.94. The molecule has 0 N–H and O–H groups in total. The first kappa shape index (κ1) is 7.32. The van der Waals surface area contributed by atoms with Gasteiger partial charge in [-0.05, 0) is 6.92 Å². The van der Waals surface area contributed by atoms with Crippen molar-refractivity contribution in [3.05, 3.63) is 18.2 Å². The molecule has 1 aromatic rings. The average molecular weight is 139 g/mol. The summed E-state index contributed by atoms with van der Waals surface area (Å²) in [5, 5.41) is 0. The molecule has 0 aromatic carbocycles. The molecule has 0 spiro atoms. The Kier molecular flexibility index (Phi) is 2.10. The maximum Gasteiger partial charge on any atom is 0.243 e. The number of imidazole rings is 1. The minimum atomic E-state index is 1.06. The molecule has 56 valence electrons. The van der Waals surface area contributed by atoms with E-state index in [1.807, 2.05) is 0 Å². The van der Waals surface area contributed by atoms with Gasteiger partial charge < -0.3 is 0 Å². The lowest BCUT2D eigenvalue weighted by atomic mass is 10.4. The lowest BCUT2D eigenvalue weighted by molar-refractivity contribution is -0.693. The smallest absolute Gasteiger partial charge is 0.237 e. The van der Waals surface area contributed by atoms with Crippen molar-refractivity contribution in [2.45, 2.75) is 26.8 Å². The average Bonchev–Trinajstić information content (AvgIpc) is 2.30. The monoisotopic (exact) mass is 139 g/mol. The van der Waals surface area contributed by atoms with E-state index in [-0.39, 0.29) is 0 Å². The van der Waals surface area contributed by atoms with E-state index >= 15 is 0 Å². The SMILES string of the molecule is CCc1c[n+](CC)cn1C. The standard InChI is InChI=1S/C8H15N2/c1-4-8-6-10(5-2)7-9(8)3/h6-7H,4-5H2,1-3H3/q+1. The number of nitrogens with zero attached hydrogens (tertiary/aromatic N) is 2. The molecule has 0 unspecified atom stereocenters. The zero-order chi connectivity index (χ0) is 7.56. The highest BCUT2D eigenvalue weighted by Gasteiger charge is 2.04. The molecule has 1 aromatic heterocycles. The van der Waals surface area contributed by atoms with Crippen LogP contribution in [-0.2, 0) is 20.0 Å². The first-order valence-corrected chi connectivity index (χ1v) is 3.82. The van der Waals surface area contributed by atoms with Crippen LogP contribution in [0.25, 0.3) is 0 Å². The molecular formula is C8H15N2+. The zero-order valence-electron chi connectivity index (χ0n) is 6.96. The Morgan fingerprint density at radius 1 is 1.50 bits per heavy atom. The summed E-state index contributed by atoms with van der Waals surface area (Å²) in [5.74, 6) is 0. The van der Waals surface area contributed by atoms with Gasteiger partial charge in [-0.25, -0.2) is 9.13 Å². The van der Waals surface area contributed by atoms with Crippen LogP contribution in [-0.4, -0.2) is 4.57 Å². The summed E-state index contributed by atoms with van der Waals surface area (Å²) in [4.78, 5) is 0. The molecule has 1 heterocycles. The fourth-order valence-corrected chi connectivity index (χ4v) is 1.13. The maximum atomic E-state index is 2.19. The van der Waals surface area contributed by atoms with Crippen LogP contribution in [0.15, 0.2) is 12.5 Å². The first-order valence-electron chi connectivity index (χ1n) is 3.82. The normalized spacial score (nSPS) is 10.3. The number of hydrogen-bond acceptors (Lipinski definition) is 0. The van der Waals surface area contributed by atoms with Crippen molar-refractivity contribution in [2.75, 3.05) is 0 Å². The minimum absolute atomic E-state index is 1.06. The first-order chi connectivity index (χ1) is 4.77. The van der Waals surface area contributed by atoms with Crippen molar-refractivity contribution in [3.8, 4) is 0 Å². The second kappa shape index (κ2) is 2.86. The van der Waals surface area contributed by atoms with E-state index in [0.29, 0.717) is 0 Å². The van der Waals surface area contributed by atoms with Gasteiger partial charge in [0, 0.05) is 6.42 Å². The molecule has 0 radical (unpaired) electrons. The van der Waals surface area contributed by atoms with E-state index < -0.39 is 0 Å². The molecule has 0 bridgehead atoms. The van der Waals surface area contributed by atoms with Gasteiger partial charge >= 0.3 is 0 Å². The lowest BCUT2D eigenvalue weighted by Gasteiger charge is -1.84. The van der Waals surface area contributed by atoms with E-state index in [2.05, 4.69) is 42.6 Å². The molecule has 0 saturated carbocycles. The summed E-state index contributed by atoms with van der Waals surface area (Å²) in [6.07, 6.45) is 5.43. The van der Waals surface area contributed by atoms with Crippen LogP contribution in [0.5, 0.6) is 0 Å². The van der Waals surface area contributed by atoms with Crippen molar-refractivity contribution in [1.29, 1.82) is 0 Å². The van der Waals surface area contributed by atoms with E-state index in [1.165, 1.54) is 5.69 Å². The lowest BCUT2D eigenvalue weighted by Crippen LogP contribution is -2.28. The molecule has 2 heteroatoms. The van der Waals surface area contributed by atoms with Crippen LogP contribution in [0.3, 0.4) is 0 Å². The summed E-state index contributed by atoms with van der Waals surface area (Å²) >= 11 is 0. The van der Waals surface area contributed by atoms with Gasteiger partial charge in [0.2, 0.25) is 6.33 Å². The summed E-state index contributed by atoms with van der Waals surface area (Å²) in [7, 11) is 2.09. The summed E-state index contributed by atoms with van der Waals surface area (Å²) in [6, 6.07) is 0. The van der Waals surface area contributed by atoms with Gasteiger partial charge in [0.1, 0.15) is 11.9 Å². The predicted octanol–water partition coefficient (Wildman–Crippen LogP) is 0.895. The van der Waals surface area contributed by atoms with E-state index in [9.17, 15) is 0 Å². The minimum Gasteiger partial charge on any atom is -0.237 e.